The minimum Gasteiger partial charge on any atom is -0.396 e. The second kappa shape index (κ2) is 6.94. The monoisotopic (exact) mass is 259 g/mol. The van der Waals surface area contributed by atoms with E-state index < -0.39 is 5.82 Å². The molecule has 1 aromatic rings. The molecule has 0 bridgehead atoms. The van der Waals surface area contributed by atoms with Crippen molar-refractivity contribution in [1.82, 2.24) is 5.32 Å². The van der Waals surface area contributed by atoms with E-state index in [4.69, 9.17) is 16.7 Å². The average molecular weight is 260 g/mol. The number of halogens is 2. The summed E-state index contributed by atoms with van der Waals surface area (Å²) < 4.78 is 12.9. The summed E-state index contributed by atoms with van der Waals surface area (Å²) in [4.78, 5) is 0. The molecule has 0 aliphatic carbocycles. The smallest absolute Gasteiger partial charge is 0.141 e. The van der Waals surface area contributed by atoms with E-state index in [9.17, 15) is 4.39 Å². The summed E-state index contributed by atoms with van der Waals surface area (Å²) in [6, 6.07) is 4.69. The summed E-state index contributed by atoms with van der Waals surface area (Å²) in [5, 5.41) is 12.5. The lowest BCUT2D eigenvalue weighted by atomic mass is 9.97. The number of hydrogen-bond acceptors (Lipinski definition) is 2. The van der Waals surface area contributed by atoms with Gasteiger partial charge in [-0.3, -0.25) is 0 Å². The molecule has 4 heteroatoms. The van der Waals surface area contributed by atoms with Gasteiger partial charge in [0.1, 0.15) is 5.82 Å². The van der Waals surface area contributed by atoms with Gasteiger partial charge in [-0.1, -0.05) is 31.5 Å². The van der Waals surface area contributed by atoms with Crippen molar-refractivity contribution in [3.8, 4) is 0 Å². The van der Waals surface area contributed by atoms with Gasteiger partial charge in [-0.05, 0) is 29.5 Å². The Labute approximate surface area is 107 Å². The van der Waals surface area contributed by atoms with Crippen molar-refractivity contribution in [2.75, 3.05) is 13.2 Å². The lowest BCUT2D eigenvalue weighted by molar-refractivity contribution is 0.186. The SMILES string of the molecule is CC(C)C(CO)CNCc1ccc(F)c(Cl)c1. The molecule has 0 aliphatic rings. The lowest BCUT2D eigenvalue weighted by Crippen LogP contribution is -2.28. The van der Waals surface area contributed by atoms with E-state index in [1.165, 1.54) is 6.07 Å². The second-order valence-electron chi connectivity index (χ2n) is 4.57. The third kappa shape index (κ3) is 4.62. The zero-order valence-electron chi connectivity index (χ0n) is 10.2. The highest BCUT2D eigenvalue weighted by Gasteiger charge is 2.11. The van der Waals surface area contributed by atoms with Crippen LogP contribution in [0.4, 0.5) is 4.39 Å². The fourth-order valence-electron chi connectivity index (χ4n) is 1.56. The van der Waals surface area contributed by atoms with E-state index in [0.717, 1.165) is 12.1 Å². The van der Waals surface area contributed by atoms with Crippen molar-refractivity contribution in [1.29, 1.82) is 0 Å². The first-order valence-corrected chi connectivity index (χ1v) is 6.18. The first-order chi connectivity index (χ1) is 8.04. The van der Waals surface area contributed by atoms with Gasteiger partial charge in [-0.15, -0.1) is 0 Å². The molecule has 1 aromatic carbocycles. The van der Waals surface area contributed by atoms with Crippen LogP contribution >= 0.6 is 11.6 Å². The minimum absolute atomic E-state index is 0.145. The fraction of sp³-hybridized carbons (Fsp3) is 0.538. The Kier molecular flexibility index (Phi) is 5.89. The van der Waals surface area contributed by atoms with Gasteiger partial charge in [-0.2, -0.15) is 0 Å². The molecule has 0 radical (unpaired) electrons. The summed E-state index contributed by atoms with van der Waals surface area (Å²) in [6.07, 6.45) is 0. The third-order valence-electron chi connectivity index (χ3n) is 2.90. The molecule has 0 fully saturated rings. The zero-order valence-corrected chi connectivity index (χ0v) is 11.0. The number of nitrogens with one attached hydrogen (secondary N) is 1. The van der Waals surface area contributed by atoms with Crippen LogP contribution in [0.1, 0.15) is 19.4 Å². The molecule has 0 spiro atoms. The number of aliphatic hydroxyl groups excluding tert-OH is 1. The Bertz CT molecular complexity index is 357. The molecule has 0 saturated heterocycles. The fourth-order valence-corrected chi connectivity index (χ4v) is 1.77. The number of hydrogen-bond donors (Lipinski definition) is 2. The Morgan fingerprint density at radius 2 is 2.12 bits per heavy atom. The topological polar surface area (TPSA) is 32.3 Å². The molecule has 1 unspecified atom stereocenters. The highest BCUT2D eigenvalue weighted by molar-refractivity contribution is 6.30. The van der Waals surface area contributed by atoms with Crippen LogP contribution in [0, 0.1) is 17.7 Å². The van der Waals surface area contributed by atoms with Gasteiger partial charge >= 0.3 is 0 Å². The number of aliphatic hydroxyl groups is 1. The van der Waals surface area contributed by atoms with Gasteiger partial charge in [0.25, 0.3) is 0 Å². The molecule has 1 atom stereocenters. The molecule has 17 heavy (non-hydrogen) atoms. The summed E-state index contributed by atoms with van der Waals surface area (Å²) in [6.45, 7) is 5.70. The van der Waals surface area contributed by atoms with Crippen LogP contribution in [0.25, 0.3) is 0 Å². The zero-order chi connectivity index (χ0) is 12.8. The van der Waals surface area contributed by atoms with E-state index in [0.29, 0.717) is 12.5 Å². The maximum absolute atomic E-state index is 12.9. The van der Waals surface area contributed by atoms with Gasteiger partial charge in [0.05, 0.1) is 5.02 Å². The van der Waals surface area contributed by atoms with E-state index in [2.05, 4.69) is 19.2 Å². The van der Waals surface area contributed by atoms with Crippen molar-refractivity contribution >= 4 is 11.6 Å². The highest BCUT2D eigenvalue weighted by atomic mass is 35.5. The van der Waals surface area contributed by atoms with Crippen LogP contribution < -0.4 is 5.32 Å². The highest BCUT2D eigenvalue weighted by Crippen LogP contribution is 2.16. The molecule has 1 rings (SSSR count). The predicted octanol–water partition coefficient (Wildman–Crippen LogP) is 2.83. The second-order valence-corrected chi connectivity index (χ2v) is 4.97. The van der Waals surface area contributed by atoms with Crippen molar-refractivity contribution in [2.24, 2.45) is 11.8 Å². The van der Waals surface area contributed by atoms with Gasteiger partial charge in [-0.25, -0.2) is 4.39 Å². The van der Waals surface area contributed by atoms with Crippen LogP contribution in [-0.2, 0) is 6.54 Å². The summed E-state index contributed by atoms with van der Waals surface area (Å²) in [7, 11) is 0. The van der Waals surface area contributed by atoms with E-state index in [-0.39, 0.29) is 17.5 Å². The number of benzene rings is 1. The molecule has 2 nitrogen and oxygen atoms in total. The van der Waals surface area contributed by atoms with Crippen molar-refractivity contribution in [2.45, 2.75) is 20.4 Å². The average Bonchev–Trinajstić information content (AvgIpc) is 2.28. The van der Waals surface area contributed by atoms with Crippen LogP contribution in [0.3, 0.4) is 0 Å². The predicted molar refractivity (Wildman–Crippen MR) is 68.5 cm³/mol. The first kappa shape index (κ1) is 14.4. The van der Waals surface area contributed by atoms with Crippen LogP contribution in [0.2, 0.25) is 5.02 Å². The molecule has 0 saturated carbocycles. The Balaban J connectivity index is 2.42. The van der Waals surface area contributed by atoms with Crippen LogP contribution in [0.5, 0.6) is 0 Å². The summed E-state index contributed by atoms with van der Waals surface area (Å²) in [5.41, 5.74) is 0.942. The Hall–Kier alpha value is -0.640. The Morgan fingerprint density at radius 3 is 2.65 bits per heavy atom. The summed E-state index contributed by atoms with van der Waals surface area (Å²) >= 11 is 5.69. The summed E-state index contributed by atoms with van der Waals surface area (Å²) in [5.74, 6) is 0.279. The van der Waals surface area contributed by atoms with E-state index in [1.807, 2.05) is 0 Å². The van der Waals surface area contributed by atoms with E-state index in [1.54, 1.807) is 12.1 Å². The molecule has 2 N–H and O–H groups in total. The number of rotatable bonds is 6. The molecular formula is C13H19ClFNO. The molecule has 0 heterocycles. The van der Waals surface area contributed by atoms with Crippen LogP contribution in [0.15, 0.2) is 18.2 Å². The molecule has 0 amide bonds. The largest absolute Gasteiger partial charge is 0.396 e. The maximum Gasteiger partial charge on any atom is 0.141 e. The molecule has 0 aliphatic heterocycles. The normalized spacial score (nSPS) is 13.1. The van der Waals surface area contributed by atoms with Crippen LogP contribution in [-0.4, -0.2) is 18.3 Å². The Morgan fingerprint density at radius 1 is 1.41 bits per heavy atom. The van der Waals surface area contributed by atoms with Crippen molar-refractivity contribution < 1.29 is 9.50 Å². The van der Waals surface area contributed by atoms with Gasteiger partial charge in [0.15, 0.2) is 0 Å². The maximum atomic E-state index is 12.9. The molecule has 0 aromatic heterocycles. The third-order valence-corrected chi connectivity index (χ3v) is 3.19. The van der Waals surface area contributed by atoms with E-state index >= 15 is 0 Å². The van der Waals surface area contributed by atoms with Gasteiger partial charge in [0, 0.05) is 19.7 Å². The molecular weight excluding hydrogens is 241 g/mol. The van der Waals surface area contributed by atoms with Gasteiger partial charge < -0.3 is 10.4 Å². The lowest BCUT2D eigenvalue weighted by Gasteiger charge is -2.18. The standard InChI is InChI=1S/C13H19ClFNO/c1-9(2)11(8-17)7-16-6-10-3-4-13(15)12(14)5-10/h3-5,9,11,16-17H,6-8H2,1-2H3. The quantitative estimate of drug-likeness (QED) is 0.823. The van der Waals surface area contributed by atoms with Crippen molar-refractivity contribution in [3.05, 3.63) is 34.6 Å². The van der Waals surface area contributed by atoms with Gasteiger partial charge in [0.2, 0.25) is 0 Å². The minimum atomic E-state index is -0.397. The van der Waals surface area contributed by atoms with Crippen molar-refractivity contribution in [3.63, 3.8) is 0 Å². The molecule has 96 valence electrons. The first-order valence-electron chi connectivity index (χ1n) is 5.80.